The number of aryl methyl sites for hydroxylation is 1. The molecule has 0 radical (unpaired) electrons. The zero-order chi connectivity index (χ0) is 22.6. The Hall–Kier alpha value is -2.29. The number of hydrogen-bond acceptors (Lipinski definition) is 6. The number of likely N-dealkylation sites (tertiary alicyclic amines) is 1. The maximum absolute atomic E-state index is 12.8. The molecule has 1 aromatic carbocycles. The second-order valence-electron chi connectivity index (χ2n) is 8.33. The first-order valence-electron chi connectivity index (χ1n) is 11.2. The van der Waals surface area contributed by atoms with Gasteiger partial charge in [-0.05, 0) is 74.4 Å². The van der Waals surface area contributed by atoms with Crippen molar-refractivity contribution in [3.8, 4) is 0 Å². The van der Waals surface area contributed by atoms with Gasteiger partial charge in [-0.1, -0.05) is 43.4 Å². The van der Waals surface area contributed by atoms with Crippen LogP contribution in [0.15, 0.2) is 65.9 Å². The first-order valence-corrected chi connectivity index (χ1v) is 13.4. The Labute approximate surface area is 195 Å². The number of hydrogen-bond donors (Lipinski definition) is 1. The van der Waals surface area contributed by atoms with Crippen LogP contribution in [0.3, 0.4) is 0 Å². The summed E-state index contributed by atoms with van der Waals surface area (Å²) in [7, 11) is -3.68. The van der Waals surface area contributed by atoms with Gasteiger partial charge in [-0.15, -0.1) is 0 Å². The molecule has 2 heterocycles. The Morgan fingerprint density at radius 1 is 1.25 bits per heavy atom. The summed E-state index contributed by atoms with van der Waals surface area (Å²) in [6, 6.07) is 6.19. The first kappa shape index (κ1) is 22.9. The van der Waals surface area contributed by atoms with Crippen LogP contribution in [0.1, 0.15) is 56.2 Å². The van der Waals surface area contributed by atoms with E-state index in [2.05, 4.69) is 37.7 Å². The average molecular weight is 471 g/mol. The van der Waals surface area contributed by atoms with Crippen LogP contribution in [0.4, 0.5) is 5.13 Å². The van der Waals surface area contributed by atoms with E-state index in [1.807, 2.05) is 31.2 Å². The van der Waals surface area contributed by atoms with Crippen molar-refractivity contribution in [2.45, 2.75) is 62.4 Å². The van der Waals surface area contributed by atoms with Gasteiger partial charge in [0.2, 0.25) is 5.13 Å². The third kappa shape index (κ3) is 5.03. The number of aromatic nitrogens is 2. The summed E-state index contributed by atoms with van der Waals surface area (Å²) in [6.45, 7) is 7.43. The van der Waals surface area contributed by atoms with Gasteiger partial charge in [-0.25, -0.2) is 13.4 Å². The molecule has 0 spiro atoms. The zero-order valence-electron chi connectivity index (χ0n) is 18.4. The number of sulfonamides is 1. The molecule has 170 valence electrons. The van der Waals surface area contributed by atoms with Crippen LogP contribution in [0.25, 0.3) is 0 Å². The zero-order valence-corrected chi connectivity index (χ0v) is 20.0. The van der Waals surface area contributed by atoms with E-state index in [9.17, 15) is 8.42 Å². The lowest BCUT2D eigenvalue weighted by atomic mass is 9.83. The molecule has 8 heteroatoms. The predicted molar refractivity (Wildman–Crippen MR) is 130 cm³/mol. The molecule has 0 bridgehead atoms. The fourth-order valence-corrected chi connectivity index (χ4v) is 6.51. The first-order chi connectivity index (χ1) is 15.5. The average Bonchev–Trinajstić information content (AvgIpc) is 3.30. The predicted octanol–water partition coefficient (Wildman–Crippen LogP) is 5.26. The smallest absolute Gasteiger partial charge is 0.263 e. The van der Waals surface area contributed by atoms with Crippen molar-refractivity contribution < 1.29 is 8.42 Å². The lowest BCUT2D eigenvalue weighted by Gasteiger charge is -2.44. The minimum Gasteiger partial charge on any atom is -0.289 e. The topological polar surface area (TPSA) is 75.2 Å². The number of allylic oxidation sites excluding steroid dienone is 3. The van der Waals surface area contributed by atoms with Crippen molar-refractivity contribution in [2.75, 3.05) is 11.3 Å². The largest absolute Gasteiger partial charge is 0.289 e. The highest BCUT2D eigenvalue weighted by atomic mass is 32.2. The highest BCUT2D eigenvalue weighted by Gasteiger charge is 2.33. The second kappa shape index (κ2) is 10.1. The number of rotatable bonds is 7. The van der Waals surface area contributed by atoms with Gasteiger partial charge in [0.25, 0.3) is 10.0 Å². The Morgan fingerprint density at radius 2 is 2.12 bits per heavy atom. The van der Waals surface area contributed by atoms with E-state index >= 15 is 0 Å². The molecule has 2 aromatic rings. The molecule has 6 nitrogen and oxygen atoms in total. The number of nitrogens with zero attached hydrogens (tertiary/aromatic N) is 3. The van der Waals surface area contributed by atoms with E-state index < -0.39 is 10.0 Å². The minimum absolute atomic E-state index is 0.279. The third-order valence-electron chi connectivity index (χ3n) is 6.28. The Balaban J connectivity index is 1.59. The molecule has 0 amide bonds. The molecule has 4 rings (SSSR count). The third-order valence-corrected chi connectivity index (χ3v) is 8.32. The highest BCUT2D eigenvalue weighted by Crippen LogP contribution is 2.40. The summed E-state index contributed by atoms with van der Waals surface area (Å²) in [5, 5.41) is 0.279. The Kier molecular flexibility index (Phi) is 7.23. The lowest BCUT2D eigenvalue weighted by Crippen LogP contribution is -2.43. The summed E-state index contributed by atoms with van der Waals surface area (Å²) < 4.78 is 32.0. The molecule has 1 N–H and O–H groups in total. The molecule has 1 fully saturated rings. The molecule has 2 aliphatic rings. The molecule has 32 heavy (non-hydrogen) atoms. The number of fused-ring (bicyclic) bond motifs is 1. The number of benzene rings is 1. The number of piperidine rings is 1. The van der Waals surface area contributed by atoms with E-state index in [1.54, 1.807) is 6.07 Å². The van der Waals surface area contributed by atoms with Crippen LogP contribution in [-0.4, -0.2) is 35.3 Å². The molecule has 1 aliphatic heterocycles. The quantitative estimate of drug-likeness (QED) is 0.559. The maximum atomic E-state index is 12.8. The fraction of sp³-hybridized carbons (Fsp3) is 0.417. The van der Waals surface area contributed by atoms with Crippen LogP contribution >= 0.6 is 11.5 Å². The van der Waals surface area contributed by atoms with Crippen LogP contribution in [-0.2, 0) is 16.4 Å². The van der Waals surface area contributed by atoms with Gasteiger partial charge in [0, 0.05) is 23.6 Å². The van der Waals surface area contributed by atoms with Gasteiger partial charge >= 0.3 is 0 Å². The Bertz CT molecular complexity index is 1110. The van der Waals surface area contributed by atoms with E-state index in [1.165, 1.54) is 24.7 Å². The van der Waals surface area contributed by atoms with E-state index in [-0.39, 0.29) is 10.0 Å². The van der Waals surface area contributed by atoms with Crippen molar-refractivity contribution in [2.24, 2.45) is 0 Å². The summed E-state index contributed by atoms with van der Waals surface area (Å²) in [4.78, 5) is 6.80. The highest BCUT2D eigenvalue weighted by molar-refractivity contribution is 7.93. The lowest BCUT2D eigenvalue weighted by molar-refractivity contribution is 0.105. The van der Waals surface area contributed by atoms with Gasteiger partial charge in [-0.2, -0.15) is 4.37 Å². The fourth-order valence-electron chi connectivity index (χ4n) is 4.80. The van der Waals surface area contributed by atoms with Crippen molar-refractivity contribution in [1.29, 1.82) is 0 Å². The van der Waals surface area contributed by atoms with Crippen LogP contribution in [0.5, 0.6) is 0 Å². The van der Waals surface area contributed by atoms with Crippen molar-refractivity contribution in [3.05, 3.63) is 72.1 Å². The van der Waals surface area contributed by atoms with Crippen molar-refractivity contribution in [1.82, 2.24) is 14.3 Å². The second-order valence-corrected chi connectivity index (χ2v) is 10.8. The van der Waals surface area contributed by atoms with Gasteiger partial charge in [0.05, 0.1) is 4.90 Å². The Morgan fingerprint density at radius 3 is 2.91 bits per heavy atom. The molecular weight excluding hydrogens is 440 g/mol. The molecule has 2 atom stereocenters. The van der Waals surface area contributed by atoms with Crippen LogP contribution in [0.2, 0.25) is 0 Å². The normalized spacial score (nSPS) is 22.3. The van der Waals surface area contributed by atoms with Gasteiger partial charge < -0.3 is 0 Å². The van der Waals surface area contributed by atoms with E-state index in [0.29, 0.717) is 12.1 Å². The minimum atomic E-state index is -3.68. The van der Waals surface area contributed by atoms with Crippen molar-refractivity contribution in [3.63, 3.8) is 0 Å². The molecule has 0 saturated carbocycles. The van der Waals surface area contributed by atoms with Gasteiger partial charge in [0.1, 0.15) is 6.33 Å². The summed E-state index contributed by atoms with van der Waals surface area (Å²) in [5.74, 6) is 0. The van der Waals surface area contributed by atoms with Crippen LogP contribution < -0.4 is 4.72 Å². The monoisotopic (exact) mass is 470 g/mol. The molecule has 1 saturated heterocycles. The summed E-state index contributed by atoms with van der Waals surface area (Å²) in [5.41, 5.74) is 3.53. The number of anilines is 1. The molecule has 1 aromatic heterocycles. The maximum Gasteiger partial charge on any atom is 0.263 e. The SMILES string of the molecule is C=C(/C=C\C=C/C)[C@H]1CCCCN1[C@H]1CCCc2cc(S(=O)(=O)Nc3ncns3)ccc21. The van der Waals surface area contributed by atoms with Gasteiger partial charge in [-0.3, -0.25) is 9.62 Å². The molecule has 1 aliphatic carbocycles. The van der Waals surface area contributed by atoms with E-state index in [4.69, 9.17) is 0 Å². The summed E-state index contributed by atoms with van der Waals surface area (Å²) >= 11 is 1.03. The van der Waals surface area contributed by atoms with Crippen LogP contribution in [0, 0.1) is 0 Å². The number of nitrogens with one attached hydrogen (secondary N) is 1. The summed E-state index contributed by atoms with van der Waals surface area (Å²) in [6.07, 6.45) is 16.1. The van der Waals surface area contributed by atoms with Crippen molar-refractivity contribution >= 4 is 26.7 Å². The molecule has 0 unspecified atom stereocenters. The molecular formula is C24H30N4O2S2. The van der Waals surface area contributed by atoms with Gasteiger partial charge in [0.15, 0.2) is 0 Å². The standard InChI is InChI=1S/C24H30N4O2S2/c1-3-4-5-9-18(2)22-11-6-7-15-28(22)23-12-8-10-19-16-20(13-14-21(19)23)32(29,30)27-24-25-17-26-31-24/h3-5,9,13-14,16-17,22-23H,2,6-8,10-12,15H2,1H3,(H,25,26,27)/b4-3-,9-5-/t22-,23+/m1/s1. The van der Waals surface area contributed by atoms with E-state index in [0.717, 1.165) is 54.9 Å².